The normalized spacial score (nSPS) is 11.2. The first-order valence-electron chi connectivity index (χ1n) is 12.6. The third kappa shape index (κ3) is 5.63. The van der Waals surface area contributed by atoms with Crippen molar-refractivity contribution in [2.24, 2.45) is 0 Å². The molecule has 0 saturated carbocycles. The van der Waals surface area contributed by atoms with Crippen LogP contribution in [0.4, 0.5) is 5.82 Å². The second-order valence-electron chi connectivity index (χ2n) is 9.60. The summed E-state index contributed by atoms with van der Waals surface area (Å²) in [6.07, 6.45) is 5.34. The summed E-state index contributed by atoms with van der Waals surface area (Å²) in [4.78, 5) is 44.7. The van der Waals surface area contributed by atoms with Gasteiger partial charge in [-0.1, -0.05) is 13.3 Å². The smallest absolute Gasteiger partial charge is 0.253 e. The van der Waals surface area contributed by atoms with Crippen LogP contribution in [0.5, 0.6) is 0 Å². The number of fused-ring (bicyclic) bond motifs is 1. The van der Waals surface area contributed by atoms with Crippen LogP contribution < -0.4 is 16.2 Å². The van der Waals surface area contributed by atoms with Crippen molar-refractivity contribution in [1.29, 1.82) is 0 Å². The van der Waals surface area contributed by atoms with Crippen LogP contribution >= 0.6 is 0 Å². The molecule has 0 unspecified atom stereocenters. The van der Waals surface area contributed by atoms with E-state index >= 15 is 0 Å². The zero-order chi connectivity index (χ0) is 26.7. The third-order valence-electron chi connectivity index (χ3n) is 6.35. The quantitative estimate of drug-likeness (QED) is 0.313. The molecule has 3 N–H and O–H groups in total. The summed E-state index contributed by atoms with van der Waals surface area (Å²) in [7, 11) is 0. The van der Waals surface area contributed by atoms with Crippen LogP contribution in [0.2, 0.25) is 0 Å². The topological polar surface area (TPSA) is 109 Å². The van der Waals surface area contributed by atoms with Crippen molar-refractivity contribution >= 4 is 28.5 Å². The minimum atomic E-state index is -0.251. The lowest BCUT2D eigenvalue weighted by Crippen LogP contribution is -2.28. The van der Waals surface area contributed by atoms with E-state index in [1.807, 2.05) is 43.5 Å². The Morgan fingerprint density at radius 1 is 1.11 bits per heavy atom. The number of aromatic nitrogens is 3. The maximum Gasteiger partial charge on any atom is 0.253 e. The van der Waals surface area contributed by atoms with Crippen molar-refractivity contribution in [2.45, 2.75) is 60.0 Å². The van der Waals surface area contributed by atoms with Crippen LogP contribution in [0.25, 0.3) is 22.0 Å². The molecule has 0 radical (unpaired) electrons. The van der Waals surface area contributed by atoms with Gasteiger partial charge >= 0.3 is 0 Å². The Kier molecular flexibility index (Phi) is 7.57. The molecule has 8 nitrogen and oxygen atoms in total. The first-order valence-corrected chi connectivity index (χ1v) is 12.6. The molecule has 1 aromatic carbocycles. The number of anilines is 1. The van der Waals surface area contributed by atoms with Crippen molar-refractivity contribution in [2.75, 3.05) is 5.32 Å². The second-order valence-corrected chi connectivity index (χ2v) is 9.60. The van der Waals surface area contributed by atoms with Gasteiger partial charge in [0.2, 0.25) is 5.91 Å². The standard InChI is InChI=1S/C29H33N5O3/c1-6-7-20-12-18(4)32-29(37)25(20)16-31-28(36)24-13-22(14-26-23(24)10-11-34(26)17(2)3)21-8-9-27(30-15-21)33-19(5)35/h8-15,17H,6-7,16H2,1-5H3,(H,31,36)(H,32,37)(H,30,33,35). The van der Waals surface area contributed by atoms with Gasteiger partial charge in [-0.3, -0.25) is 14.4 Å². The number of pyridine rings is 2. The van der Waals surface area contributed by atoms with Gasteiger partial charge in [0.25, 0.3) is 11.5 Å². The van der Waals surface area contributed by atoms with Gasteiger partial charge < -0.3 is 20.2 Å². The van der Waals surface area contributed by atoms with Gasteiger partial charge in [0, 0.05) is 65.2 Å². The molecule has 0 atom stereocenters. The molecule has 192 valence electrons. The molecule has 2 amide bonds. The van der Waals surface area contributed by atoms with Gasteiger partial charge in [0.15, 0.2) is 0 Å². The predicted molar refractivity (Wildman–Crippen MR) is 147 cm³/mol. The average Bonchev–Trinajstić information content (AvgIpc) is 3.27. The largest absolute Gasteiger partial charge is 0.348 e. The van der Waals surface area contributed by atoms with E-state index < -0.39 is 0 Å². The minimum absolute atomic E-state index is 0.146. The van der Waals surface area contributed by atoms with Crippen LogP contribution in [0.3, 0.4) is 0 Å². The van der Waals surface area contributed by atoms with E-state index in [0.717, 1.165) is 46.1 Å². The molecule has 0 aliphatic heterocycles. The summed E-state index contributed by atoms with van der Waals surface area (Å²) < 4.78 is 2.12. The molecule has 0 spiro atoms. The van der Waals surface area contributed by atoms with Crippen molar-refractivity contribution < 1.29 is 9.59 Å². The van der Waals surface area contributed by atoms with Crippen LogP contribution in [0, 0.1) is 6.92 Å². The Hall–Kier alpha value is -4.20. The number of carbonyl (C=O) groups excluding carboxylic acids is 2. The molecule has 37 heavy (non-hydrogen) atoms. The summed E-state index contributed by atoms with van der Waals surface area (Å²) in [6, 6.07) is 11.6. The van der Waals surface area contributed by atoms with E-state index in [4.69, 9.17) is 0 Å². The molecule has 0 aliphatic rings. The fourth-order valence-electron chi connectivity index (χ4n) is 4.62. The number of hydrogen-bond donors (Lipinski definition) is 3. The molecule has 0 saturated heterocycles. The molecule has 8 heteroatoms. The number of aryl methyl sites for hydroxylation is 2. The maximum absolute atomic E-state index is 13.5. The molecule has 4 aromatic rings. The number of carbonyl (C=O) groups is 2. The Balaban J connectivity index is 1.72. The first-order chi connectivity index (χ1) is 17.7. The lowest BCUT2D eigenvalue weighted by Gasteiger charge is -2.14. The zero-order valence-corrected chi connectivity index (χ0v) is 21.9. The number of nitrogens with zero attached hydrogens (tertiary/aromatic N) is 2. The van der Waals surface area contributed by atoms with E-state index in [2.05, 4.69) is 45.9 Å². The number of rotatable bonds is 8. The molecule has 3 heterocycles. The number of nitrogens with one attached hydrogen (secondary N) is 3. The fourth-order valence-corrected chi connectivity index (χ4v) is 4.62. The lowest BCUT2D eigenvalue weighted by atomic mass is 10.00. The Labute approximate surface area is 216 Å². The van der Waals surface area contributed by atoms with Crippen LogP contribution in [0.15, 0.2) is 53.6 Å². The average molecular weight is 500 g/mol. The van der Waals surface area contributed by atoms with Gasteiger partial charge in [-0.2, -0.15) is 0 Å². The second kappa shape index (κ2) is 10.8. The summed E-state index contributed by atoms with van der Waals surface area (Å²) in [6.45, 7) is 9.70. The van der Waals surface area contributed by atoms with Crippen molar-refractivity contribution in [3.05, 3.63) is 81.5 Å². The van der Waals surface area contributed by atoms with Crippen molar-refractivity contribution in [3.8, 4) is 11.1 Å². The van der Waals surface area contributed by atoms with Crippen LogP contribution in [-0.4, -0.2) is 26.3 Å². The molecule has 4 rings (SSSR count). The Bertz CT molecular complexity index is 1510. The highest BCUT2D eigenvalue weighted by molar-refractivity contribution is 6.08. The van der Waals surface area contributed by atoms with Gasteiger partial charge in [-0.25, -0.2) is 4.98 Å². The summed E-state index contributed by atoms with van der Waals surface area (Å²) in [5.74, 6) is 0.0237. The van der Waals surface area contributed by atoms with Crippen molar-refractivity contribution in [3.63, 3.8) is 0 Å². The van der Waals surface area contributed by atoms with Crippen molar-refractivity contribution in [1.82, 2.24) is 19.9 Å². The predicted octanol–water partition coefficient (Wildman–Crippen LogP) is 5.12. The van der Waals surface area contributed by atoms with E-state index in [1.54, 1.807) is 12.3 Å². The Morgan fingerprint density at radius 3 is 2.54 bits per heavy atom. The molecule has 0 bridgehead atoms. The van der Waals surface area contributed by atoms with Gasteiger partial charge in [0.1, 0.15) is 5.82 Å². The summed E-state index contributed by atoms with van der Waals surface area (Å²) in [5.41, 5.74) is 5.30. The van der Waals surface area contributed by atoms with Gasteiger partial charge in [-0.15, -0.1) is 0 Å². The number of amides is 2. The zero-order valence-electron chi connectivity index (χ0n) is 21.9. The molecule has 0 aliphatic carbocycles. The Morgan fingerprint density at radius 2 is 1.89 bits per heavy atom. The highest BCUT2D eigenvalue weighted by atomic mass is 16.2. The number of H-pyrrole nitrogens is 1. The highest BCUT2D eigenvalue weighted by Crippen LogP contribution is 2.30. The van der Waals surface area contributed by atoms with E-state index in [0.29, 0.717) is 16.9 Å². The summed E-state index contributed by atoms with van der Waals surface area (Å²) in [5, 5.41) is 6.49. The monoisotopic (exact) mass is 499 g/mol. The van der Waals surface area contributed by atoms with Gasteiger partial charge in [-0.05, 0) is 74.7 Å². The summed E-state index contributed by atoms with van der Waals surface area (Å²) >= 11 is 0. The number of benzene rings is 1. The van der Waals surface area contributed by atoms with E-state index in [1.165, 1.54) is 6.92 Å². The first kappa shape index (κ1) is 25.9. The number of hydrogen-bond acceptors (Lipinski definition) is 4. The maximum atomic E-state index is 13.5. The van der Waals surface area contributed by atoms with E-state index in [9.17, 15) is 14.4 Å². The molecular formula is C29H33N5O3. The minimum Gasteiger partial charge on any atom is -0.348 e. The van der Waals surface area contributed by atoms with E-state index in [-0.39, 0.29) is 30.0 Å². The number of aromatic amines is 1. The molecule has 3 aromatic heterocycles. The molecule has 0 fully saturated rings. The molecular weight excluding hydrogens is 466 g/mol. The van der Waals surface area contributed by atoms with Crippen LogP contribution in [-0.2, 0) is 17.8 Å². The SMILES string of the molecule is CCCc1cc(C)[nH]c(=O)c1CNC(=O)c1cc(-c2ccc(NC(C)=O)nc2)cc2c1ccn2C(C)C. The fraction of sp³-hybridized carbons (Fsp3) is 0.310. The lowest BCUT2D eigenvalue weighted by molar-refractivity contribution is -0.114. The third-order valence-corrected chi connectivity index (χ3v) is 6.35. The van der Waals surface area contributed by atoms with Crippen LogP contribution in [0.1, 0.15) is 67.3 Å². The highest BCUT2D eigenvalue weighted by Gasteiger charge is 2.18. The van der Waals surface area contributed by atoms with Gasteiger partial charge in [0.05, 0.1) is 0 Å².